The van der Waals surface area contributed by atoms with Gasteiger partial charge in [0.2, 0.25) is 0 Å². The minimum atomic E-state index is 0.187. The minimum absolute atomic E-state index is 0.187. The Labute approximate surface area is 117 Å². The fraction of sp³-hybridized carbons (Fsp3) is 0.733. The predicted molar refractivity (Wildman–Crippen MR) is 79.6 cm³/mol. The van der Waals surface area contributed by atoms with Crippen LogP contribution in [-0.4, -0.2) is 30.2 Å². The lowest BCUT2D eigenvalue weighted by Gasteiger charge is -2.25. The van der Waals surface area contributed by atoms with E-state index in [-0.39, 0.29) is 5.41 Å². The number of anilines is 1. The number of aryl methyl sites for hydroxylation is 1. The van der Waals surface area contributed by atoms with Crippen LogP contribution in [0, 0.1) is 12.3 Å². The highest BCUT2D eigenvalue weighted by atomic mass is 16.5. The van der Waals surface area contributed by atoms with Gasteiger partial charge in [0.25, 0.3) is 0 Å². The topological polar surface area (TPSA) is 47.0 Å². The maximum absolute atomic E-state index is 5.15. The largest absolute Gasteiger partial charge is 0.385 e. The number of rotatable bonds is 7. The molecule has 1 aromatic heterocycles. The van der Waals surface area contributed by atoms with Crippen molar-refractivity contribution in [3.63, 3.8) is 0 Å². The van der Waals surface area contributed by atoms with Gasteiger partial charge >= 0.3 is 0 Å². The summed E-state index contributed by atoms with van der Waals surface area (Å²) in [6, 6.07) is 2.00. The Bertz CT molecular complexity index is 402. The molecule has 1 aromatic rings. The number of hydrogen-bond acceptors (Lipinski definition) is 4. The summed E-state index contributed by atoms with van der Waals surface area (Å²) in [7, 11) is 1.74. The number of methoxy groups -OCH3 is 1. The van der Waals surface area contributed by atoms with Crippen molar-refractivity contribution in [3.05, 3.63) is 17.6 Å². The molecule has 0 amide bonds. The SMILES string of the molecule is COCCC(C)(C)CNc1cc(C)nc(C(C)C)n1. The molecule has 1 rings (SSSR count). The highest BCUT2D eigenvalue weighted by Gasteiger charge is 2.17. The van der Waals surface area contributed by atoms with Crippen molar-refractivity contribution in [1.29, 1.82) is 0 Å². The van der Waals surface area contributed by atoms with Gasteiger partial charge in [-0.3, -0.25) is 0 Å². The van der Waals surface area contributed by atoms with Crippen molar-refractivity contribution in [1.82, 2.24) is 9.97 Å². The second kappa shape index (κ2) is 6.85. The second-order valence-corrected chi connectivity index (χ2v) is 6.17. The molecule has 1 N–H and O–H groups in total. The van der Waals surface area contributed by atoms with E-state index in [1.807, 2.05) is 13.0 Å². The summed E-state index contributed by atoms with van der Waals surface area (Å²) in [6.07, 6.45) is 1.03. The maximum Gasteiger partial charge on any atom is 0.133 e. The van der Waals surface area contributed by atoms with E-state index in [1.165, 1.54) is 0 Å². The van der Waals surface area contributed by atoms with Crippen molar-refractivity contribution >= 4 is 5.82 Å². The molecule has 0 bridgehead atoms. The smallest absolute Gasteiger partial charge is 0.133 e. The maximum atomic E-state index is 5.15. The van der Waals surface area contributed by atoms with Gasteiger partial charge < -0.3 is 10.1 Å². The van der Waals surface area contributed by atoms with Crippen molar-refractivity contribution in [2.75, 3.05) is 25.6 Å². The van der Waals surface area contributed by atoms with E-state index in [2.05, 4.69) is 43.0 Å². The Morgan fingerprint density at radius 1 is 1.32 bits per heavy atom. The Kier molecular flexibility index (Phi) is 5.73. The first kappa shape index (κ1) is 15.9. The van der Waals surface area contributed by atoms with E-state index >= 15 is 0 Å². The summed E-state index contributed by atoms with van der Waals surface area (Å²) >= 11 is 0. The fourth-order valence-corrected chi connectivity index (χ4v) is 1.74. The lowest BCUT2D eigenvalue weighted by Crippen LogP contribution is -2.25. The van der Waals surface area contributed by atoms with E-state index in [0.717, 1.165) is 36.9 Å². The number of nitrogens with one attached hydrogen (secondary N) is 1. The van der Waals surface area contributed by atoms with Gasteiger partial charge in [-0.05, 0) is 18.8 Å². The number of aromatic nitrogens is 2. The molecule has 0 radical (unpaired) electrons. The van der Waals surface area contributed by atoms with E-state index in [4.69, 9.17) is 4.74 Å². The molecule has 19 heavy (non-hydrogen) atoms. The average Bonchev–Trinajstić information content (AvgIpc) is 2.33. The van der Waals surface area contributed by atoms with E-state index in [9.17, 15) is 0 Å². The molecule has 0 saturated heterocycles. The molecular formula is C15H27N3O. The zero-order chi connectivity index (χ0) is 14.5. The Morgan fingerprint density at radius 3 is 2.58 bits per heavy atom. The van der Waals surface area contributed by atoms with Crippen LogP contribution in [0.15, 0.2) is 6.07 Å². The highest BCUT2D eigenvalue weighted by molar-refractivity contribution is 5.36. The van der Waals surface area contributed by atoms with Crippen LogP contribution in [0.3, 0.4) is 0 Å². The van der Waals surface area contributed by atoms with Crippen LogP contribution in [0.25, 0.3) is 0 Å². The molecule has 0 spiro atoms. The first-order valence-corrected chi connectivity index (χ1v) is 6.92. The van der Waals surface area contributed by atoms with Gasteiger partial charge in [0.1, 0.15) is 11.6 Å². The van der Waals surface area contributed by atoms with Crippen LogP contribution in [-0.2, 0) is 4.74 Å². The van der Waals surface area contributed by atoms with Crippen molar-refractivity contribution in [2.24, 2.45) is 5.41 Å². The van der Waals surface area contributed by atoms with Gasteiger partial charge in [-0.25, -0.2) is 9.97 Å². The van der Waals surface area contributed by atoms with Crippen LogP contribution in [0.5, 0.6) is 0 Å². The molecule has 0 aliphatic heterocycles. The Hall–Kier alpha value is -1.16. The zero-order valence-corrected chi connectivity index (χ0v) is 13.1. The quantitative estimate of drug-likeness (QED) is 0.821. The summed E-state index contributed by atoms with van der Waals surface area (Å²) in [4.78, 5) is 9.02. The Balaban J connectivity index is 2.67. The molecule has 0 fully saturated rings. The van der Waals surface area contributed by atoms with Gasteiger partial charge in [0, 0.05) is 37.9 Å². The lowest BCUT2D eigenvalue weighted by atomic mass is 9.90. The molecule has 0 saturated carbocycles. The standard InChI is InChI=1S/C15H27N3O/c1-11(2)14-17-12(3)9-13(18-14)16-10-15(4,5)7-8-19-6/h9,11H,7-8,10H2,1-6H3,(H,16,17,18). The third-order valence-electron chi connectivity index (χ3n) is 3.12. The molecule has 0 aromatic carbocycles. The molecule has 0 unspecified atom stereocenters. The van der Waals surface area contributed by atoms with Crippen LogP contribution in [0.2, 0.25) is 0 Å². The molecule has 108 valence electrons. The molecule has 0 aliphatic carbocycles. The number of hydrogen-bond donors (Lipinski definition) is 1. The first-order chi connectivity index (χ1) is 8.84. The van der Waals surface area contributed by atoms with Gasteiger partial charge in [-0.1, -0.05) is 27.7 Å². The third kappa shape index (κ3) is 5.55. The molecule has 1 heterocycles. The first-order valence-electron chi connectivity index (χ1n) is 6.92. The van der Waals surface area contributed by atoms with Crippen LogP contribution in [0.4, 0.5) is 5.82 Å². The Morgan fingerprint density at radius 2 is 2.00 bits per heavy atom. The second-order valence-electron chi connectivity index (χ2n) is 6.17. The molecule has 4 nitrogen and oxygen atoms in total. The van der Waals surface area contributed by atoms with E-state index < -0.39 is 0 Å². The summed E-state index contributed by atoms with van der Waals surface area (Å²) in [5.41, 5.74) is 1.20. The summed E-state index contributed by atoms with van der Waals surface area (Å²) in [5.74, 6) is 2.17. The number of nitrogens with zero attached hydrogens (tertiary/aromatic N) is 2. The summed E-state index contributed by atoms with van der Waals surface area (Å²) in [5, 5.41) is 3.42. The molecule has 0 aliphatic rings. The van der Waals surface area contributed by atoms with E-state index in [0.29, 0.717) is 5.92 Å². The summed E-state index contributed by atoms with van der Waals surface area (Å²) in [6.45, 7) is 12.4. The molecule has 4 heteroatoms. The van der Waals surface area contributed by atoms with Gasteiger partial charge in [-0.2, -0.15) is 0 Å². The zero-order valence-electron chi connectivity index (χ0n) is 13.1. The van der Waals surface area contributed by atoms with Crippen LogP contribution < -0.4 is 5.32 Å². The highest BCUT2D eigenvalue weighted by Crippen LogP contribution is 2.21. The molecule has 0 atom stereocenters. The third-order valence-corrected chi connectivity index (χ3v) is 3.12. The minimum Gasteiger partial charge on any atom is -0.385 e. The van der Waals surface area contributed by atoms with Crippen molar-refractivity contribution < 1.29 is 4.74 Å². The number of ether oxygens (including phenoxy) is 1. The van der Waals surface area contributed by atoms with Gasteiger partial charge in [0.05, 0.1) is 0 Å². The van der Waals surface area contributed by atoms with E-state index in [1.54, 1.807) is 7.11 Å². The lowest BCUT2D eigenvalue weighted by molar-refractivity contribution is 0.157. The monoisotopic (exact) mass is 265 g/mol. The van der Waals surface area contributed by atoms with Crippen LogP contribution >= 0.6 is 0 Å². The average molecular weight is 265 g/mol. The fourth-order valence-electron chi connectivity index (χ4n) is 1.74. The van der Waals surface area contributed by atoms with Crippen LogP contribution in [0.1, 0.15) is 51.6 Å². The predicted octanol–water partition coefficient (Wildman–Crippen LogP) is 3.38. The van der Waals surface area contributed by atoms with Gasteiger partial charge in [0.15, 0.2) is 0 Å². The molecular weight excluding hydrogens is 238 g/mol. The van der Waals surface area contributed by atoms with Gasteiger partial charge in [-0.15, -0.1) is 0 Å². The normalized spacial score (nSPS) is 11.9. The van der Waals surface area contributed by atoms with Crippen molar-refractivity contribution in [2.45, 2.75) is 47.0 Å². The summed E-state index contributed by atoms with van der Waals surface area (Å²) < 4.78 is 5.15. The van der Waals surface area contributed by atoms with Crippen molar-refractivity contribution in [3.8, 4) is 0 Å².